The molecule has 0 radical (unpaired) electrons. The molecule has 1 aromatic carbocycles. The third-order valence-electron chi connectivity index (χ3n) is 1.21. The number of hydrogen-bond donors (Lipinski definition) is 0. The van der Waals surface area contributed by atoms with Crippen molar-refractivity contribution >= 4 is 50.6 Å². The summed E-state index contributed by atoms with van der Waals surface area (Å²) in [7, 11) is -24.0. The van der Waals surface area contributed by atoms with E-state index in [0.29, 0.717) is 5.69 Å². The maximum atomic E-state index is 9.75. The summed E-state index contributed by atoms with van der Waals surface area (Å²) in [6.07, 6.45) is 0. The average molecular weight is 545 g/mol. The zero-order valence-electron chi connectivity index (χ0n) is 13.9. The number of benzene rings is 1. The molecule has 0 bridgehead atoms. The fourth-order valence-corrected chi connectivity index (χ4v) is 1.27. The summed E-state index contributed by atoms with van der Waals surface area (Å²) in [5.74, 6) is 0. The quantitative estimate of drug-likeness (QED) is 0.183. The Morgan fingerprint density at radius 3 is 1.03 bits per heavy atom. The van der Waals surface area contributed by atoms with Gasteiger partial charge >= 0.3 is 34.7 Å². The summed E-state index contributed by atoms with van der Waals surface area (Å²) in [5, 5.41) is 8.40. The van der Waals surface area contributed by atoms with Crippen LogP contribution >= 0.6 is 15.9 Å². The lowest BCUT2D eigenvalue weighted by Crippen LogP contribution is -2.02. The van der Waals surface area contributed by atoms with Crippen LogP contribution in [0.4, 0.5) is 74.7 Å². The van der Waals surface area contributed by atoms with Crippen LogP contribution in [-0.2, 0) is 0 Å². The molecule has 0 heterocycles. The zero-order chi connectivity index (χ0) is 25.6. The van der Waals surface area contributed by atoms with Crippen LogP contribution < -0.4 is 0 Å². The second kappa shape index (κ2) is 15.1. The van der Waals surface area contributed by atoms with Crippen molar-refractivity contribution in [3.8, 4) is 0 Å². The fourth-order valence-electron chi connectivity index (χ4n) is 0.693. The Bertz CT molecular complexity index is 548. The number of rotatable bonds is 0. The Morgan fingerprint density at radius 2 is 0.867 bits per heavy atom. The van der Waals surface area contributed by atoms with Crippen molar-refractivity contribution in [3.05, 3.63) is 33.2 Å². The number of halogens is 17. The van der Waals surface area contributed by atoms with Crippen molar-refractivity contribution in [2.75, 3.05) is 0 Å². The third kappa shape index (κ3) is 95.3. The van der Waals surface area contributed by atoms with Crippen LogP contribution in [-0.4, -0.2) is 29.0 Å². The average Bonchev–Trinajstić information content (AvgIpc) is 2.30. The smallest absolute Gasteiger partial charge is 0.418 e. The van der Waals surface area contributed by atoms with E-state index in [4.69, 9.17) is 5.39 Å². The highest BCUT2D eigenvalue weighted by Crippen LogP contribution is 2.25. The lowest BCUT2D eigenvalue weighted by atomic mass is 10.2. The summed E-state index contributed by atoms with van der Waals surface area (Å²) in [6.45, 7) is 1.98. The van der Waals surface area contributed by atoms with E-state index in [9.17, 15) is 69.1 Å². The maximum absolute atomic E-state index is 9.75. The Hall–Kier alpha value is -1.74. The molecule has 0 aliphatic heterocycles. The van der Waals surface area contributed by atoms with E-state index in [1.165, 1.54) is 0 Å². The largest absolute Gasteiger partial charge is 0.673 e. The van der Waals surface area contributed by atoms with Crippen molar-refractivity contribution < 1.29 is 69.1 Å². The molecule has 23 heteroatoms. The van der Waals surface area contributed by atoms with Gasteiger partial charge in [0, 0.05) is 6.07 Å². The maximum Gasteiger partial charge on any atom is 0.673 e. The van der Waals surface area contributed by atoms with Crippen LogP contribution in [0.25, 0.3) is 4.98 Å². The molecular weight excluding hydrogens is 539 g/mol. The Kier molecular flexibility index (Phi) is 18.0. The van der Waals surface area contributed by atoms with Gasteiger partial charge in [-0.05, 0) is 34.5 Å². The van der Waals surface area contributed by atoms with Gasteiger partial charge < -0.3 is 69.1 Å². The first kappa shape index (κ1) is 35.7. The minimum atomic E-state index is -6.00. The molecule has 0 aromatic heterocycles. The molecule has 30 heavy (non-hydrogen) atoms. The molecular formula is C7H6B4BrF16N2-3. The lowest BCUT2D eigenvalue weighted by molar-refractivity contribution is 0.366. The summed E-state index contributed by atoms with van der Waals surface area (Å²) in [5.41, 5.74) is 1.70. The Morgan fingerprint density at radius 1 is 0.633 bits per heavy atom. The normalized spacial score (nSPS) is 11.0. The van der Waals surface area contributed by atoms with Gasteiger partial charge in [0.15, 0.2) is 4.98 Å². The standard InChI is InChI=1S/C7H6BrN2.4BF4/c1-5-2-3-7(10-9)6(8)4-5;4*2-1(3,4)5/h2-4H,1H3;;;;/q+1;4*-1. The summed E-state index contributed by atoms with van der Waals surface area (Å²) in [6, 6.07) is 5.54. The Balaban J connectivity index is -0.000000148. The van der Waals surface area contributed by atoms with Crippen molar-refractivity contribution in [2.45, 2.75) is 6.92 Å². The van der Waals surface area contributed by atoms with E-state index in [-0.39, 0.29) is 0 Å². The van der Waals surface area contributed by atoms with Crippen LogP contribution in [0.2, 0.25) is 0 Å². The van der Waals surface area contributed by atoms with Gasteiger partial charge in [0.2, 0.25) is 5.39 Å². The number of diazo groups is 1. The number of nitrogens with zero attached hydrogens (tertiary/aromatic N) is 2. The zero-order valence-corrected chi connectivity index (χ0v) is 15.4. The monoisotopic (exact) mass is 545 g/mol. The molecule has 0 unspecified atom stereocenters. The first-order valence-corrected chi connectivity index (χ1v) is 7.14. The van der Waals surface area contributed by atoms with Gasteiger partial charge in [-0.15, -0.1) is 0 Å². The summed E-state index contributed by atoms with van der Waals surface area (Å²) in [4.78, 5) is 3.06. The van der Waals surface area contributed by atoms with Crippen LogP contribution in [0.1, 0.15) is 5.56 Å². The van der Waals surface area contributed by atoms with Gasteiger partial charge in [0.05, 0.1) is 0 Å². The van der Waals surface area contributed by atoms with Gasteiger partial charge in [-0.1, -0.05) is 6.07 Å². The molecule has 0 N–H and O–H groups in total. The van der Waals surface area contributed by atoms with Crippen LogP contribution in [0.5, 0.6) is 0 Å². The van der Waals surface area contributed by atoms with Gasteiger partial charge in [-0.25, -0.2) is 0 Å². The third-order valence-corrected chi connectivity index (χ3v) is 1.85. The second-order valence-electron chi connectivity index (χ2n) is 4.03. The van der Waals surface area contributed by atoms with Crippen molar-refractivity contribution in [1.29, 1.82) is 5.39 Å². The summed E-state index contributed by atoms with van der Waals surface area (Å²) >= 11 is 3.25. The molecule has 0 saturated carbocycles. The van der Waals surface area contributed by atoms with E-state index in [2.05, 4.69) is 20.9 Å². The Labute approximate surface area is 166 Å². The van der Waals surface area contributed by atoms with Gasteiger partial charge in [-0.3, -0.25) is 0 Å². The van der Waals surface area contributed by atoms with Gasteiger partial charge in [-0.2, -0.15) is 0 Å². The molecule has 0 aliphatic rings. The first-order chi connectivity index (χ1) is 12.7. The molecule has 0 aliphatic carbocycles. The van der Waals surface area contributed by atoms with Crippen molar-refractivity contribution in [3.63, 3.8) is 0 Å². The molecule has 0 amide bonds. The highest BCUT2D eigenvalue weighted by molar-refractivity contribution is 9.10. The lowest BCUT2D eigenvalue weighted by Gasteiger charge is -1.94. The van der Waals surface area contributed by atoms with Crippen LogP contribution in [0, 0.1) is 12.3 Å². The molecule has 1 rings (SSSR count). The van der Waals surface area contributed by atoms with Crippen LogP contribution in [0.3, 0.4) is 0 Å². The predicted octanol–water partition coefficient (Wildman–Crippen LogP) is 8.44. The van der Waals surface area contributed by atoms with Gasteiger partial charge in [0.1, 0.15) is 4.47 Å². The minimum Gasteiger partial charge on any atom is -0.418 e. The van der Waals surface area contributed by atoms with E-state index in [1.54, 1.807) is 6.07 Å². The predicted molar refractivity (Wildman–Crippen MR) is 84.4 cm³/mol. The van der Waals surface area contributed by atoms with Crippen molar-refractivity contribution in [1.82, 2.24) is 0 Å². The van der Waals surface area contributed by atoms with Crippen LogP contribution in [0.15, 0.2) is 22.7 Å². The van der Waals surface area contributed by atoms with E-state index in [0.717, 1.165) is 10.0 Å². The highest BCUT2D eigenvalue weighted by Gasteiger charge is 2.21. The van der Waals surface area contributed by atoms with Crippen molar-refractivity contribution in [2.24, 2.45) is 0 Å². The molecule has 1 aromatic rings. The molecule has 0 atom stereocenters. The van der Waals surface area contributed by atoms with E-state index < -0.39 is 29.0 Å². The second-order valence-corrected chi connectivity index (χ2v) is 4.89. The summed E-state index contributed by atoms with van der Waals surface area (Å²) < 4.78 is 157. The topological polar surface area (TPSA) is 28.1 Å². The molecule has 2 nitrogen and oxygen atoms in total. The number of aryl methyl sites for hydroxylation is 1. The molecule has 178 valence electrons. The molecule has 0 saturated heterocycles. The van der Waals surface area contributed by atoms with E-state index in [1.807, 2.05) is 19.1 Å². The SMILES string of the molecule is Cc1ccc([N+]#N)c(Br)c1.F[B-](F)(F)F.F[B-](F)(F)F.F[B-](F)(F)F.F[B-](F)(F)F. The highest BCUT2D eigenvalue weighted by atomic mass is 79.9. The molecule has 0 fully saturated rings. The van der Waals surface area contributed by atoms with E-state index >= 15 is 0 Å². The van der Waals surface area contributed by atoms with Gasteiger partial charge in [0.25, 0.3) is 0 Å². The minimum absolute atomic E-state index is 0.561. The molecule has 0 spiro atoms. The number of hydrogen-bond acceptors (Lipinski definition) is 1. The fraction of sp³-hybridized carbons (Fsp3) is 0.143. The first-order valence-electron chi connectivity index (χ1n) is 6.34.